The summed E-state index contributed by atoms with van der Waals surface area (Å²) in [4.78, 5) is 28.8. The number of nitrogens with zero attached hydrogens (tertiary/aromatic N) is 4. The number of aliphatic hydroxyl groups excluding tert-OH is 1. The van der Waals surface area contributed by atoms with Gasteiger partial charge in [-0.05, 0) is 35.4 Å². The van der Waals surface area contributed by atoms with Crippen molar-refractivity contribution in [1.82, 2.24) is 15.0 Å². The lowest BCUT2D eigenvalue weighted by Gasteiger charge is -2.24. The number of rotatable bonds is 9. The first-order valence-corrected chi connectivity index (χ1v) is 14.9. The van der Waals surface area contributed by atoms with Crippen LogP contribution in [0.15, 0.2) is 90.1 Å². The van der Waals surface area contributed by atoms with Crippen molar-refractivity contribution >= 4 is 50.4 Å². The third-order valence-electron chi connectivity index (χ3n) is 6.52. The number of nitrogens with two attached hydrogens (primary N) is 1. The predicted molar refractivity (Wildman–Crippen MR) is 160 cm³/mol. The molecule has 5 aromatic rings. The number of nitrogen functional groups attached to an aromatic ring is 1. The summed E-state index contributed by atoms with van der Waals surface area (Å²) >= 11 is 2.70. The first-order valence-electron chi connectivity index (χ1n) is 13.1. The van der Waals surface area contributed by atoms with Crippen molar-refractivity contribution in [2.24, 2.45) is 0 Å². The van der Waals surface area contributed by atoms with E-state index in [4.69, 9.17) is 20.2 Å². The molecule has 0 aliphatic carbocycles. The number of ether oxygens (including phenoxy) is 2. The highest BCUT2D eigenvalue weighted by molar-refractivity contribution is 7.98. The third kappa shape index (κ3) is 6.43. The number of hydrogen-bond donors (Lipinski definition) is 2. The fourth-order valence-corrected chi connectivity index (χ4v) is 6.19. The summed E-state index contributed by atoms with van der Waals surface area (Å²) in [7, 11) is 0. The number of anilines is 2. The van der Waals surface area contributed by atoms with Gasteiger partial charge in [0.05, 0.1) is 6.10 Å². The summed E-state index contributed by atoms with van der Waals surface area (Å²) in [5, 5.41) is 11.4. The van der Waals surface area contributed by atoms with Crippen molar-refractivity contribution in [3.05, 3.63) is 96.1 Å². The molecule has 0 unspecified atom stereocenters. The SMILES string of the molecule is Nc1nc2nc(SCc3cccc(Oc4ccccc4)c3)nc(N3C[C@H](O)C[C@H]3C(=O)OCc3ccccc3)c2s1. The van der Waals surface area contributed by atoms with Gasteiger partial charge in [0, 0.05) is 18.7 Å². The molecule has 0 saturated carbocycles. The van der Waals surface area contributed by atoms with Gasteiger partial charge in [-0.3, -0.25) is 0 Å². The second-order valence-electron chi connectivity index (χ2n) is 9.54. The van der Waals surface area contributed by atoms with Crippen LogP contribution in [0.25, 0.3) is 10.3 Å². The number of carbonyl (C=O) groups is 1. The lowest BCUT2D eigenvalue weighted by atomic mass is 10.2. The molecule has 0 bridgehead atoms. The summed E-state index contributed by atoms with van der Waals surface area (Å²) < 4.78 is 12.3. The van der Waals surface area contributed by atoms with Crippen molar-refractivity contribution in [2.45, 2.75) is 36.1 Å². The molecule has 9 nitrogen and oxygen atoms in total. The molecule has 1 fully saturated rings. The molecule has 11 heteroatoms. The number of aliphatic hydroxyl groups is 1. The molecule has 1 aliphatic heterocycles. The standard InChI is InChI=1S/C30H27N5O4S2/c31-29-32-26-25(41-29)27(35-16-21(36)15-24(35)28(37)38-17-19-8-3-1-4-9-19)34-30(33-26)40-18-20-10-7-13-23(14-20)39-22-11-5-2-6-12-22/h1-14,21,24,36H,15-18H2,(H2,31,32,33,34)/t21-,24+/m1/s1. The maximum atomic E-state index is 13.2. The van der Waals surface area contributed by atoms with Gasteiger partial charge in [-0.1, -0.05) is 83.8 Å². The van der Waals surface area contributed by atoms with E-state index in [-0.39, 0.29) is 19.6 Å². The molecule has 2 atom stereocenters. The first-order chi connectivity index (χ1) is 20.0. The number of para-hydroxylation sites is 1. The first kappa shape index (κ1) is 27.0. The number of thiazole rings is 1. The molecule has 0 spiro atoms. The monoisotopic (exact) mass is 585 g/mol. The number of benzene rings is 3. The van der Waals surface area contributed by atoms with Crippen molar-refractivity contribution in [2.75, 3.05) is 17.2 Å². The van der Waals surface area contributed by atoms with E-state index in [2.05, 4.69) is 9.97 Å². The number of fused-ring (bicyclic) bond motifs is 1. The van der Waals surface area contributed by atoms with Crippen LogP contribution in [-0.2, 0) is 21.9 Å². The Morgan fingerprint density at radius 2 is 1.71 bits per heavy atom. The van der Waals surface area contributed by atoms with Gasteiger partial charge >= 0.3 is 5.97 Å². The Balaban J connectivity index is 1.22. The highest BCUT2D eigenvalue weighted by Gasteiger charge is 2.39. The van der Waals surface area contributed by atoms with Crippen molar-refractivity contribution in [1.29, 1.82) is 0 Å². The van der Waals surface area contributed by atoms with Crippen LogP contribution in [0.1, 0.15) is 17.5 Å². The van der Waals surface area contributed by atoms with Crippen LogP contribution in [0.4, 0.5) is 10.9 Å². The molecule has 6 rings (SSSR count). The number of carbonyl (C=O) groups excluding carboxylic acids is 1. The Morgan fingerprint density at radius 1 is 0.976 bits per heavy atom. The number of thioether (sulfide) groups is 1. The van der Waals surface area contributed by atoms with Crippen LogP contribution in [0, 0.1) is 0 Å². The van der Waals surface area contributed by atoms with Crippen molar-refractivity contribution in [3.63, 3.8) is 0 Å². The van der Waals surface area contributed by atoms with Gasteiger partial charge in [-0.15, -0.1) is 0 Å². The van der Waals surface area contributed by atoms with E-state index in [0.29, 0.717) is 32.2 Å². The lowest BCUT2D eigenvalue weighted by molar-refractivity contribution is -0.146. The van der Waals surface area contributed by atoms with Gasteiger partial charge in [0.1, 0.15) is 28.8 Å². The topological polar surface area (TPSA) is 124 Å². The molecule has 0 amide bonds. The zero-order valence-electron chi connectivity index (χ0n) is 21.9. The van der Waals surface area contributed by atoms with E-state index in [0.717, 1.165) is 22.6 Å². The van der Waals surface area contributed by atoms with Gasteiger partial charge in [0.2, 0.25) is 0 Å². The zero-order valence-corrected chi connectivity index (χ0v) is 23.6. The van der Waals surface area contributed by atoms with Gasteiger partial charge < -0.3 is 25.2 Å². The minimum Gasteiger partial charge on any atom is -0.459 e. The van der Waals surface area contributed by atoms with Crippen LogP contribution in [0.2, 0.25) is 0 Å². The highest BCUT2D eigenvalue weighted by Crippen LogP contribution is 2.37. The lowest BCUT2D eigenvalue weighted by Crippen LogP contribution is -2.38. The Bertz CT molecular complexity index is 1650. The molecule has 2 aromatic heterocycles. The largest absolute Gasteiger partial charge is 0.459 e. The smallest absolute Gasteiger partial charge is 0.329 e. The Labute approximate surface area is 245 Å². The third-order valence-corrected chi connectivity index (χ3v) is 8.31. The molecule has 0 radical (unpaired) electrons. The molecule has 3 aromatic carbocycles. The van der Waals surface area contributed by atoms with Crippen LogP contribution in [-0.4, -0.2) is 44.7 Å². The Kier molecular flexibility index (Phi) is 7.99. The Hall–Kier alpha value is -4.19. The number of aromatic nitrogens is 3. The molecule has 1 saturated heterocycles. The average Bonchev–Trinajstić information content (AvgIpc) is 3.57. The zero-order chi connectivity index (χ0) is 28.2. The molecule has 1 aliphatic rings. The van der Waals surface area contributed by atoms with E-state index in [1.807, 2.05) is 84.9 Å². The molecular formula is C30H27N5O4S2. The maximum Gasteiger partial charge on any atom is 0.329 e. The van der Waals surface area contributed by atoms with Gasteiger partial charge in [-0.25, -0.2) is 19.7 Å². The minimum atomic E-state index is -0.706. The normalized spacial score (nSPS) is 16.7. The molecule has 208 valence electrons. The van der Waals surface area contributed by atoms with E-state index >= 15 is 0 Å². The number of hydrogen-bond acceptors (Lipinski definition) is 11. The summed E-state index contributed by atoms with van der Waals surface area (Å²) in [6.45, 7) is 0.388. The van der Waals surface area contributed by atoms with E-state index < -0.39 is 18.1 Å². The fraction of sp³-hybridized carbons (Fsp3) is 0.200. The number of esters is 1. The second-order valence-corrected chi connectivity index (χ2v) is 11.5. The summed E-state index contributed by atoms with van der Waals surface area (Å²) in [5.41, 5.74) is 8.43. The second kappa shape index (κ2) is 12.1. The summed E-state index contributed by atoms with van der Waals surface area (Å²) in [5.74, 6) is 2.19. The molecule has 3 N–H and O–H groups in total. The van der Waals surface area contributed by atoms with E-state index in [9.17, 15) is 9.90 Å². The highest BCUT2D eigenvalue weighted by atomic mass is 32.2. The van der Waals surface area contributed by atoms with Crippen LogP contribution >= 0.6 is 23.1 Å². The van der Waals surface area contributed by atoms with Crippen molar-refractivity contribution in [3.8, 4) is 11.5 Å². The van der Waals surface area contributed by atoms with Crippen LogP contribution in [0.5, 0.6) is 11.5 Å². The van der Waals surface area contributed by atoms with Crippen LogP contribution < -0.4 is 15.4 Å². The molecular weight excluding hydrogens is 558 g/mol. The molecule has 3 heterocycles. The van der Waals surface area contributed by atoms with Gasteiger partial charge in [-0.2, -0.15) is 0 Å². The van der Waals surface area contributed by atoms with Gasteiger partial charge in [0.15, 0.2) is 21.8 Å². The predicted octanol–water partition coefficient (Wildman–Crippen LogP) is 5.44. The minimum absolute atomic E-state index is 0.154. The molecule has 41 heavy (non-hydrogen) atoms. The summed E-state index contributed by atoms with van der Waals surface area (Å²) in [6, 6.07) is 26.3. The quantitative estimate of drug-likeness (QED) is 0.131. The number of β-amino-alcohol motifs (C(OH)–C–C–N with tert-alkyl or cyclic N) is 1. The average molecular weight is 586 g/mol. The van der Waals surface area contributed by atoms with E-state index in [1.54, 1.807) is 4.90 Å². The Morgan fingerprint density at radius 3 is 2.51 bits per heavy atom. The van der Waals surface area contributed by atoms with Crippen molar-refractivity contribution < 1.29 is 19.4 Å². The van der Waals surface area contributed by atoms with Gasteiger partial charge in [0.25, 0.3) is 0 Å². The maximum absolute atomic E-state index is 13.2. The summed E-state index contributed by atoms with van der Waals surface area (Å²) in [6.07, 6.45) is -0.465. The fourth-order valence-electron chi connectivity index (χ4n) is 4.63. The van der Waals surface area contributed by atoms with E-state index in [1.165, 1.54) is 23.1 Å². The van der Waals surface area contributed by atoms with Crippen LogP contribution in [0.3, 0.4) is 0 Å².